The highest BCUT2D eigenvalue weighted by Gasteiger charge is 2.39. The fourth-order valence-electron chi connectivity index (χ4n) is 9.87. The molecule has 0 radical (unpaired) electrons. The van der Waals surface area contributed by atoms with Gasteiger partial charge in [-0.25, -0.2) is 4.39 Å². The molecule has 0 amide bonds. The van der Waals surface area contributed by atoms with E-state index < -0.39 is 0 Å². The number of benzene rings is 9. The summed E-state index contributed by atoms with van der Waals surface area (Å²) in [5.74, 6) is -0.261. The molecule has 5 heteroatoms. The summed E-state index contributed by atoms with van der Waals surface area (Å²) >= 11 is 3.63. The third-order valence-corrected chi connectivity index (χ3v) is 15.1. The zero-order valence-electron chi connectivity index (χ0n) is 33.9. The first-order valence-electron chi connectivity index (χ1n) is 20.8. The molecule has 11 aromatic rings. The summed E-state index contributed by atoms with van der Waals surface area (Å²) in [7, 11) is 0. The van der Waals surface area contributed by atoms with Crippen LogP contribution in [0.15, 0.2) is 182 Å². The maximum absolute atomic E-state index is 16.0. The zero-order chi connectivity index (χ0) is 41.0. The lowest BCUT2D eigenvalue weighted by Gasteiger charge is -2.31. The fraction of sp³-hybridized carbons (Fsp3) is 0.0714. The van der Waals surface area contributed by atoms with Crippen molar-refractivity contribution < 1.29 is 4.39 Å². The van der Waals surface area contributed by atoms with Gasteiger partial charge in [0.2, 0.25) is 0 Å². The van der Waals surface area contributed by atoms with E-state index in [0.29, 0.717) is 5.69 Å². The molecule has 0 saturated heterocycles. The highest BCUT2D eigenvalue weighted by atomic mass is 32.1. The fourth-order valence-corrected chi connectivity index (χ4v) is 12.1. The highest BCUT2D eigenvalue weighted by Crippen LogP contribution is 2.56. The van der Waals surface area contributed by atoms with Crippen molar-refractivity contribution in [2.45, 2.75) is 26.2 Å². The summed E-state index contributed by atoms with van der Waals surface area (Å²) in [4.78, 5) is 4.56. The number of fused-ring (bicyclic) bond motifs is 11. The second kappa shape index (κ2) is 13.6. The number of anilines is 6. The molecule has 0 spiro atoms. The number of aryl methyl sites for hydroxylation is 1. The van der Waals surface area contributed by atoms with Gasteiger partial charge in [0.25, 0.3) is 0 Å². The quantitative estimate of drug-likeness (QED) is 0.165. The van der Waals surface area contributed by atoms with E-state index in [1.807, 2.05) is 23.5 Å². The molecule has 0 atom stereocenters. The molecule has 0 fully saturated rings. The summed E-state index contributed by atoms with van der Waals surface area (Å²) in [6, 6.07) is 64.7. The monoisotopic (exact) mass is 822 g/mol. The summed E-state index contributed by atoms with van der Waals surface area (Å²) < 4.78 is 21.0. The van der Waals surface area contributed by atoms with Crippen LogP contribution in [0.2, 0.25) is 0 Å². The molecular weight excluding hydrogens is 784 g/mol. The number of hydrogen-bond donors (Lipinski definition) is 0. The second-order valence-electron chi connectivity index (χ2n) is 16.7. The topological polar surface area (TPSA) is 6.48 Å². The Hall–Kier alpha value is -6.79. The van der Waals surface area contributed by atoms with Crippen LogP contribution < -0.4 is 9.80 Å². The van der Waals surface area contributed by atoms with Gasteiger partial charge in [-0.05, 0) is 113 Å². The van der Waals surface area contributed by atoms with E-state index in [0.717, 1.165) is 28.4 Å². The molecule has 2 heterocycles. The Labute approximate surface area is 362 Å². The Balaban J connectivity index is 1.05. The standard InChI is InChI=1S/C56H39FN2S2/c1-34-14-4-10-20-48(34)59(37-25-28-42-40-17-8-13-23-52(40)61-54(42)32-37)50-33-46-55(43-18-6-5-15-38(43)50)44-29-26-35(30-45(44)56(46,2)3)58(49-21-11-9-19-47(49)57)36-24-27-41-39-16-7-12-22-51(39)60-53(41)31-36/h4-33H,1-3H3. The van der Waals surface area contributed by atoms with Crippen LogP contribution >= 0.6 is 22.7 Å². The normalized spacial score (nSPS) is 13.0. The van der Waals surface area contributed by atoms with Gasteiger partial charge in [0.15, 0.2) is 0 Å². The molecule has 2 nitrogen and oxygen atoms in total. The third-order valence-electron chi connectivity index (χ3n) is 12.8. The molecule has 0 bridgehead atoms. The van der Waals surface area contributed by atoms with E-state index in [2.05, 4.69) is 188 Å². The molecule has 0 unspecified atom stereocenters. The van der Waals surface area contributed by atoms with E-state index in [-0.39, 0.29) is 11.2 Å². The van der Waals surface area contributed by atoms with Gasteiger partial charge >= 0.3 is 0 Å². The smallest absolute Gasteiger partial charge is 0.147 e. The average molecular weight is 823 g/mol. The van der Waals surface area contributed by atoms with Crippen LogP contribution in [0.25, 0.3) is 62.2 Å². The molecule has 0 N–H and O–H groups in total. The van der Waals surface area contributed by atoms with Gasteiger partial charge in [-0.1, -0.05) is 123 Å². The highest BCUT2D eigenvalue weighted by molar-refractivity contribution is 7.26. The Morgan fingerprint density at radius 1 is 0.410 bits per heavy atom. The Morgan fingerprint density at radius 2 is 0.918 bits per heavy atom. The summed E-state index contributed by atoms with van der Waals surface area (Å²) in [5, 5.41) is 7.46. The third kappa shape index (κ3) is 5.51. The lowest BCUT2D eigenvalue weighted by molar-refractivity contribution is 0.628. The molecule has 1 aliphatic rings. The van der Waals surface area contributed by atoms with Crippen LogP contribution in [0.5, 0.6) is 0 Å². The van der Waals surface area contributed by atoms with Crippen molar-refractivity contribution in [1.29, 1.82) is 0 Å². The number of rotatable bonds is 6. The molecule has 0 saturated carbocycles. The van der Waals surface area contributed by atoms with Gasteiger partial charge in [0, 0.05) is 73.9 Å². The van der Waals surface area contributed by atoms with E-state index in [4.69, 9.17) is 0 Å². The largest absolute Gasteiger partial charge is 0.310 e. The van der Waals surface area contributed by atoms with Crippen molar-refractivity contribution in [1.82, 2.24) is 0 Å². The second-order valence-corrected chi connectivity index (χ2v) is 18.9. The van der Waals surface area contributed by atoms with E-state index >= 15 is 4.39 Å². The van der Waals surface area contributed by atoms with Gasteiger partial charge in [-0.3, -0.25) is 0 Å². The van der Waals surface area contributed by atoms with Crippen molar-refractivity contribution in [3.05, 3.63) is 204 Å². The first kappa shape index (κ1) is 36.1. The lowest BCUT2D eigenvalue weighted by atomic mass is 9.81. The first-order chi connectivity index (χ1) is 29.8. The minimum atomic E-state index is -0.372. The number of thiophene rings is 2. The van der Waals surface area contributed by atoms with Crippen molar-refractivity contribution in [2.24, 2.45) is 0 Å². The summed E-state index contributed by atoms with van der Waals surface area (Å²) in [6.45, 7) is 6.90. The maximum atomic E-state index is 16.0. The Kier molecular flexibility index (Phi) is 8.06. The number of hydrogen-bond acceptors (Lipinski definition) is 4. The molecule has 292 valence electrons. The maximum Gasteiger partial charge on any atom is 0.147 e. The van der Waals surface area contributed by atoms with Crippen LogP contribution in [-0.4, -0.2) is 0 Å². The van der Waals surface area contributed by atoms with Crippen LogP contribution in [0.3, 0.4) is 0 Å². The van der Waals surface area contributed by atoms with Gasteiger partial charge < -0.3 is 9.80 Å². The molecule has 0 aliphatic heterocycles. The van der Waals surface area contributed by atoms with E-state index in [9.17, 15) is 0 Å². The van der Waals surface area contributed by atoms with Gasteiger partial charge in [-0.2, -0.15) is 0 Å². The molecular formula is C56H39FN2S2. The van der Waals surface area contributed by atoms with E-state index in [1.165, 1.54) is 78.9 Å². The minimum Gasteiger partial charge on any atom is -0.310 e. The number of para-hydroxylation sites is 2. The molecule has 61 heavy (non-hydrogen) atoms. The molecule has 2 aromatic heterocycles. The Morgan fingerprint density at radius 3 is 1.57 bits per heavy atom. The minimum absolute atomic E-state index is 0.261. The molecule has 1 aliphatic carbocycles. The van der Waals surface area contributed by atoms with E-state index in [1.54, 1.807) is 23.5 Å². The van der Waals surface area contributed by atoms with Crippen molar-refractivity contribution in [3.63, 3.8) is 0 Å². The average Bonchev–Trinajstić information content (AvgIpc) is 3.92. The predicted octanol–water partition coefficient (Wildman–Crippen LogP) is 17.3. The van der Waals surface area contributed by atoms with Gasteiger partial charge in [-0.15, -0.1) is 22.7 Å². The van der Waals surface area contributed by atoms with Crippen LogP contribution in [-0.2, 0) is 5.41 Å². The van der Waals surface area contributed by atoms with Crippen LogP contribution in [0, 0.1) is 12.7 Å². The molecule has 12 rings (SSSR count). The number of halogens is 1. The first-order valence-corrected chi connectivity index (χ1v) is 22.4. The van der Waals surface area contributed by atoms with Gasteiger partial charge in [0.1, 0.15) is 5.82 Å². The number of nitrogens with zero attached hydrogens (tertiary/aromatic N) is 2. The van der Waals surface area contributed by atoms with Crippen molar-refractivity contribution >= 4 is 108 Å². The van der Waals surface area contributed by atoms with Crippen molar-refractivity contribution in [3.8, 4) is 11.1 Å². The van der Waals surface area contributed by atoms with Gasteiger partial charge in [0.05, 0.1) is 11.4 Å². The lowest BCUT2D eigenvalue weighted by Crippen LogP contribution is -2.18. The predicted molar refractivity (Wildman–Crippen MR) is 261 cm³/mol. The van der Waals surface area contributed by atoms with Crippen LogP contribution in [0.1, 0.15) is 30.5 Å². The SMILES string of the molecule is Cc1ccccc1N(c1ccc2c(c1)sc1ccccc12)c1cc2c(c3ccccc13)-c1ccc(N(c3ccc4c(c3)sc3ccccc34)c3ccccc3F)cc1C2(C)C. The van der Waals surface area contributed by atoms with Crippen molar-refractivity contribution in [2.75, 3.05) is 9.80 Å². The summed E-state index contributed by atoms with van der Waals surface area (Å²) in [5.41, 5.74) is 11.6. The van der Waals surface area contributed by atoms with Crippen LogP contribution in [0.4, 0.5) is 38.5 Å². The Bertz CT molecular complexity index is 3580. The zero-order valence-corrected chi connectivity index (χ0v) is 35.5. The molecule has 9 aromatic carbocycles. The summed E-state index contributed by atoms with van der Waals surface area (Å²) in [6.07, 6.45) is 0.